The molecule has 0 atom stereocenters. The second-order valence-corrected chi connectivity index (χ2v) is 2.25. The summed E-state index contributed by atoms with van der Waals surface area (Å²) in [6.45, 7) is 1.95. The largest absolute Gasteiger partial charge is 0.372 e. The Balaban J connectivity index is 0.000000500. The highest BCUT2D eigenvalue weighted by molar-refractivity contribution is 5.42. The Morgan fingerprint density at radius 3 is 2.50 bits per heavy atom. The van der Waals surface area contributed by atoms with Crippen LogP contribution in [0.15, 0.2) is 18.3 Å². The SMILES string of the molecule is CCc1ccc([N+](=O)[O-])cn1.NC=O. The molecule has 0 aliphatic rings. The van der Waals surface area contributed by atoms with E-state index >= 15 is 0 Å². The van der Waals surface area contributed by atoms with Gasteiger partial charge in [-0.2, -0.15) is 0 Å². The monoisotopic (exact) mass is 197 g/mol. The number of nitrogens with two attached hydrogens (primary N) is 1. The second-order valence-electron chi connectivity index (χ2n) is 2.25. The average Bonchev–Trinajstić information content (AvgIpc) is 2.19. The van der Waals surface area contributed by atoms with Crippen LogP contribution in [0, 0.1) is 10.1 Å². The van der Waals surface area contributed by atoms with Crippen molar-refractivity contribution in [2.75, 3.05) is 0 Å². The molecule has 0 radical (unpaired) electrons. The first-order valence-corrected chi connectivity index (χ1v) is 3.90. The van der Waals surface area contributed by atoms with Crippen molar-refractivity contribution >= 4 is 12.1 Å². The zero-order valence-electron chi connectivity index (χ0n) is 7.71. The van der Waals surface area contributed by atoms with E-state index in [4.69, 9.17) is 4.79 Å². The van der Waals surface area contributed by atoms with Gasteiger partial charge in [-0.1, -0.05) is 6.92 Å². The van der Waals surface area contributed by atoms with Gasteiger partial charge in [0.25, 0.3) is 5.69 Å². The molecule has 0 saturated carbocycles. The number of carbonyl (C=O) groups is 1. The number of aryl methyl sites for hydroxylation is 1. The maximum atomic E-state index is 10.2. The zero-order valence-corrected chi connectivity index (χ0v) is 7.71. The molecule has 0 aliphatic heterocycles. The second kappa shape index (κ2) is 6.53. The summed E-state index contributed by atoms with van der Waals surface area (Å²) in [7, 11) is 0. The summed E-state index contributed by atoms with van der Waals surface area (Å²) >= 11 is 0. The molecule has 6 heteroatoms. The molecular weight excluding hydrogens is 186 g/mol. The van der Waals surface area contributed by atoms with E-state index in [9.17, 15) is 10.1 Å². The van der Waals surface area contributed by atoms with Crippen LogP contribution >= 0.6 is 0 Å². The fraction of sp³-hybridized carbons (Fsp3) is 0.250. The molecule has 6 nitrogen and oxygen atoms in total. The molecule has 0 bridgehead atoms. The number of nitrogens with zero attached hydrogens (tertiary/aromatic N) is 2. The lowest BCUT2D eigenvalue weighted by Gasteiger charge is -1.92. The van der Waals surface area contributed by atoms with E-state index in [1.807, 2.05) is 6.92 Å². The molecule has 0 aromatic carbocycles. The topological polar surface area (TPSA) is 99.1 Å². The highest BCUT2D eigenvalue weighted by Gasteiger charge is 2.03. The molecule has 0 saturated heterocycles. The molecular formula is C8H11N3O3. The van der Waals surface area contributed by atoms with Gasteiger partial charge in [0.2, 0.25) is 6.41 Å². The van der Waals surface area contributed by atoms with E-state index in [0.717, 1.165) is 12.1 Å². The molecule has 0 fully saturated rings. The molecule has 1 heterocycles. The Kier molecular flexibility index (Phi) is 5.60. The predicted octanol–water partition coefficient (Wildman–Crippen LogP) is 0.654. The van der Waals surface area contributed by atoms with E-state index in [2.05, 4.69) is 10.7 Å². The van der Waals surface area contributed by atoms with Gasteiger partial charge in [-0.25, -0.2) is 0 Å². The number of carbonyl (C=O) groups excluding carboxylic acids is 1. The van der Waals surface area contributed by atoms with Gasteiger partial charge in [-0.05, 0) is 12.5 Å². The van der Waals surface area contributed by atoms with Crippen LogP contribution < -0.4 is 5.73 Å². The third-order valence-electron chi connectivity index (χ3n) is 1.38. The summed E-state index contributed by atoms with van der Waals surface area (Å²) in [5.74, 6) is 0. The highest BCUT2D eigenvalue weighted by Crippen LogP contribution is 2.08. The third kappa shape index (κ3) is 4.15. The normalized spacial score (nSPS) is 8.36. The summed E-state index contributed by atoms with van der Waals surface area (Å²) in [5, 5.41) is 10.2. The van der Waals surface area contributed by atoms with Gasteiger partial charge < -0.3 is 5.73 Å². The van der Waals surface area contributed by atoms with Crippen LogP contribution in [-0.2, 0) is 11.2 Å². The van der Waals surface area contributed by atoms with Crippen molar-refractivity contribution < 1.29 is 9.72 Å². The van der Waals surface area contributed by atoms with Crippen molar-refractivity contribution in [3.8, 4) is 0 Å². The van der Waals surface area contributed by atoms with E-state index in [-0.39, 0.29) is 12.1 Å². The van der Waals surface area contributed by atoms with E-state index in [0.29, 0.717) is 0 Å². The fourth-order valence-corrected chi connectivity index (χ4v) is 0.734. The van der Waals surface area contributed by atoms with Crippen LogP contribution in [0.3, 0.4) is 0 Å². The summed E-state index contributed by atoms with van der Waals surface area (Å²) in [4.78, 5) is 22.2. The van der Waals surface area contributed by atoms with Crippen molar-refractivity contribution in [1.82, 2.24) is 4.98 Å². The first-order valence-electron chi connectivity index (χ1n) is 3.90. The van der Waals surface area contributed by atoms with E-state index in [1.54, 1.807) is 6.07 Å². The molecule has 76 valence electrons. The number of primary amides is 1. The van der Waals surface area contributed by atoms with Gasteiger partial charge in [0.1, 0.15) is 6.20 Å². The van der Waals surface area contributed by atoms with Gasteiger partial charge in [0.05, 0.1) is 4.92 Å². The Morgan fingerprint density at radius 1 is 1.64 bits per heavy atom. The zero-order chi connectivity index (χ0) is 11.0. The van der Waals surface area contributed by atoms with Gasteiger partial charge in [-0.15, -0.1) is 0 Å². The molecule has 14 heavy (non-hydrogen) atoms. The quantitative estimate of drug-likeness (QED) is 0.427. The lowest BCUT2D eigenvalue weighted by Crippen LogP contribution is -1.91. The Labute approximate surface area is 80.9 Å². The number of pyridine rings is 1. The standard InChI is InChI=1S/C7H8N2O2.CH3NO/c1-2-6-3-4-7(5-8-6)9(10)11;2-1-3/h3-5H,2H2,1H3;1H,(H2,2,3). The number of aromatic nitrogens is 1. The fourth-order valence-electron chi connectivity index (χ4n) is 0.734. The van der Waals surface area contributed by atoms with Crippen molar-refractivity contribution in [3.63, 3.8) is 0 Å². The molecule has 0 spiro atoms. The summed E-state index contributed by atoms with van der Waals surface area (Å²) in [5.41, 5.74) is 5.08. The summed E-state index contributed by atoms with van der Waals surface area (Å²) < 4.78 is 0. The first-order chi connectivity index (χ1) is 6.65. The van der Waals surface area contributed by atoms with Gasteiger partial charge >= 0.3 is 0 Å². The Bertz CT molecular complexity index is 297. The smallest absolute Gasteiger partial charge is 0.287 e. The predicted molar refractivity (Wildman–Crippen MR) is 50.5 cm³/mol. The molecule has 1 rings (SSSR count). The van der Waals surface area contributed by atoms with Gasteiger partial charge in [-0.3, -0.25) is 19.9 Å². The van der Waals surface area contributed by atoms with Crippen LogP contribution in [0.4, 0.5) is 5.69 Å². The molecule has 2 N–H and O–H groups in total. The molecule has 0 aliphatic carbocycles. The van der Waals surface area contributed by atoms with Crippen molar-refractivity contribution in [2.45, 2.75) is 13.3 Å². The molecule has 1 amide bonds. The number of hydrogen-bond donors (Lipinski definition) is 1. The van der Waals surface area contributed by atoms with Crippen molar-refractivity contribution in [2.24, 2.45) is 5.73 Å². The minimum Gasteiger partial charge on any atom is -0.372 e. The molecule has 1 aromatic heterocycles. The highest BCUT2D eigenvalue weighted by atomic mass is 16.6. The number of amides is 1. The van der Waals surface area contributed by atoms with Gasteiger partial charge in [0, 0.05) is 11.8 Å². The minimum absolute atomic E-state index is 0.0437. The lowest BCUT2D eigenvalue weighted by molar-refractivity contribution is -0.385. The minimum atomic E-state index is -0.452. The van der Waals surface area contributed by atoms with Crippen molar-refractivity contribution in [3.05, 3.63) is 34.1 Å². The first kappa shape index (κ1) is 12.0. The molecule has 0 unspecified atom stereocenters. The van der Waals surface area contributed by atoms with Crippen LogP contribution in [-0.4, -0.2) is 16.3 Å². The van der Waals surface area contributed by atoms with Gasteiger partial charge in [0.15, 0.2) is 0 Å². The van der Waals surface area contributed by atoms with Crippen LogP contribution in [0.1, 0.15) is 12.6 Å². The van der Waals surface area contributed by atoms with Crippen LogP contribution in [0.2, 0.25) is 0 Å². The number of hydrogen-bond acceptors (Lipinski definition) is 4. The number of nitro groups is 1. The molecule has 1 aromatic rings. The summed E-state index contributed by atoms with van der Waals surface area (Å²) in [6.07, 6.45) is 2.33. The lowest BCUT2D eigenvalue weighted by atomic mass is 10.3. The van der Waals surface area contributed by atoms with E-state index in [1.165, 1.54) is 12.3 Å². The Morgan fingerprint density at radius 2 is 2.21 bits per heavy atom. The van der Waals surface area contributed by atoms with E-state index < -0.39 is 4.92 Å². The summed E-state index contributed by atoms with van der Waals surface area (Å²) in [6, 6.07) is 3.13. The van der Waals surface area contributed by atoms with Crippen LogP contribution in [0.25, 0.3) is 0 Å². The maximum Gasteiger partial charge on any atom is 0.287 e. The third-order valence-corrected chi connectivity index (χ3v) is 1.38. The number of rotatable bonds is 2. The van der Waals surface area contributed by atoms with Crippen molar-refractivity contribution in [1.29, 1.82) is 0 Å². The maximum absolute atomic E-state index is 10.2. The Hall–Kier alpha value is -1.98. The van der Waals surface area contributed by atoms with Crippen LogP contribution in [0.5, 0.6) is 0 Å². The average molecular weight is 197 g/mol.